The Kier molecular flexibility index (Phi) is 6.88. The molecule has 0 aliphatic carbocycles. The van der Waals surface area contributed by atoms with E-state index in [9.17, 15) is 9.59 Å². The lowest BCUT2D eigenvalue weighted by atomic mass is 10.0. The van der Waals surface area contributed by atoms with Crippen LogP contribution in [-0.2, 0) is 4.79 Å². The van der Waals surface area contributed by atoms with Crippen LogP contribution in [0.15, 0.2) is 24.3 Å². The molecule has 0 spiro atoms. The number of hydrogen-bond acceptors (Lipinski definition) is 4. The van der Waals surface area contributed by atoms with Crippen LogP contribution in [0.2, 0.25) is 0 Å². The number of carboxylic acid groups (broad SMARTS) is 1. The maximum absolute atomic E-state index is 12.4. The van der Waals surface area contributed by atoms with E-state index in [1.54, 1.807) is 24.3 Å². The van der Waals surface area contributed by atoms with Gasteiger partial charge in [0.25, 0.3) is 0 Å². The molecule has 1 aromatic carbocycles. The predicted octanol–water partition coefficient (Wildman–Crippen LogP) is 2.50. The van der Waals surface area contributed by atoms with Crippen LogP contribution in [0.4, 0.5) is 0 Å². The number of ether oxygens (including phenoxy) is 1. The fourth-order valence-corrected chi connectivity index (χ4v) is 1.95. The lowest BCUT2D eigenvalue weighted by Crippen LogP contribution is -2.43. The van der Waals surface area contributed by atoms with E-state index in [4.69, 9.17) is 9.84 Å². The molecule has 0 saturated carbocycles. The highest BCUT2D eigenvalue weighted by atomic mass is 16.5. The fraction of sp³-hybridized carbons (Fsp3) is 0.500. The summed E-state index contributed by atoms with van der Waals surface area (Å²) in [4.78, 5) is 23.4. The second kappa shape index (κ2) is 8.42. The van der Waals surface area contributed by atoms with E-state index in [0.717, 1.165) is 6.42 Å². The van der Waals surface area contributed by atoms with Gasteiger partial charge in [0.1, 0.15) is 5.75 Å². The van der Waals surface area contributed by atoms with Crippen molar-refractivity contribution in [3.8, 4) is 5.75 Å². The van der Waals surface area contributed by atoms with E-state index in [1.165, 1.54) is 0 Å². The molecule has 0 aliphatic rings. The van der Waals surface area contributed by atoms with Gasteiger partial charge >= 0.3 is 5.97 Å². The van der Waals surface area contributed by atoms with Gasteiger partial charge in [0.15, 0.2) is 5.78 Å². The quantitative estimate of drug-likeness (QED) is 0.684. The zero-order chi connectivity index (χ0) is 15.8. The predicted molar refractivity (Wildman–Crippen MR) is 80.9 cm³/mol. The second-order valence-corrected chi connectivity index (χ2v) is 4.95. The minimum absolute atomic E-state index is 0.0843. The van der Waals surface area contributed by atoms with Gasteiger partial charge in [-0.25, -0.2) is 0 Å². The molecule has 116 valence electrons. The Morgan fingerprint density at radius 3 is 2.33 bits per heavy atom. The number of aliphatic carboxylic acids is 1. The number of benzene rings is 1. The number of Topliss-reactive ketones (excluding diaryl/α,β-unsaturated/α-hetero) is 1. The van der Waals surface area contributed by atoms with E-state index in [1.807, 2.05) is 20.8 Å². The Morgan fingerprint density at radius 2 is 1.86 bits per heavy atom. The van der Waals surface area contributed by atoms with Crippen molar-refractivity contribution >= 4 is 11.8 Å². The van der Waals surface area contributed by atoms with E-state index < -0.39 is 12.0 Å². The minimum atomic E-state index is -0.991. The van der Waals surface area contributed by atoms with E-state index in [0.29, 0.717) is 17.9 Å². The van der Waals surface area contributed by atoms with Crippen LogP contribution in [0, 0.1) is 0 Å². The minimum Gasteiger partial charge on any atom is -0.494 e. The number of hydrogen-bond donors (Lipinski definition) is 2. The van der Waals surface area contributed by atoms with Crippen molar-refractivity contribution < 1.29 is 19.4 Å². The molecule has 0 bridgehead atoms. The number of nitrogens with one attached hydrogen (secondary N) is 1. The molecular formula is C16H23NO4. The maximum Gasteiger partial charge on any atom is 0.305 e. The zero-order valence-corrected chi connectivity index (χ0v) is 12.8. The smallest absolute Gasteiger partial charge is 0.305 e. The van der Waals surface area contributed by atoms with Gasteiger partial charge in [-0.15, -0.1) is 0 Å². The van der Waals surface area contributed by atoms with Gasteiger partial charge in [0, 0.05) is 11.6 Å². The van der Waals surface area contributed by atoms with Gasteiger partial charge in [-0.1, -0.05) is 6.92 Å². The largest absolute Gasteiger partial charge is 0.494 e. The van der Waals surface area contributed by atoms with Crippen LogP contribution >= 0.6 is 0 Å². The van der Waals surface area contributed by atoms with Crippen molar-refractivity contribution in [2.45, 2.75) is 45.7 Å². The van der Waals surface area contributed by atoms with E-state index >= 15 is 0 Å². The summed E-state index contributed by atoms with van der Waals surface area (Å²) in [6.45, 7) is 6.36. The first-order valence-corrected chi connectivity index (χ1v) is 7.22. The van der Waals surface area contributed by atoms with Crippen molar-refractivity contribution in [2.75, 3.05) is 6.61 Å². The first kappa shape index (κ1) is 17.2. The fourth-order valence-electron chi connectivity index (χ4n) is 1.95. The average Bonchev–Trinajstić information content (AvgIpc) is 2.46. The topological polar surface area (TPSA) is 75.6 Å². The summed E-state index contributed by atoms with van der Waals surface area (Å²) in [5.41, 5.74) is 0.487. The van der Waals surface area contributed by atoms with Crippen LogP contribution in [0.5, 0.6) is 5.75 Å². The molecular weight excluding hydrogens is 270 g/mol. The Hall–Kier alpha value is -1.88. The van der Waals surface area contributed by atoms with Gasteiger partial charge in [-0.2, -0.15) is 0 Å². The number of carbonyl (C=O) groups excluding carboxylic acids is 1. The summed E-state index contributed by atoms with van der Waals surface area (Å²) in [6, 6.07) is 6.15. The van der Waals surface area contributed by atoms with Gasteiger partial charge in [-0.3, -0.25) is 9.59 Å². The van der Waals surface area contributed by atoms with Gasteiger partial charge in [-0.05, 0) is 44.5 Å². The molecule has 0 amide bonds. The lowest BCUT2D eigenvalue weighted by molar-refractivity contribution is -0.137. The summed E-state index contributed by atoms with van der Waals surface area (Å²) < 4.78 is 5.33. The van der Waals surface area contributed by atoms with Crippen LogP contribution in [0.1, 0.15) is 44.0 Å². The normalized spacial score (nSPS) is 13.5. The van der Waals surface area contributed by atoms with Gasteiger partial charge in [0.2, 0.25) is 0 Å². The van der Waals surface area contributed by atoms with Crippen LogP contribution in [0.3, 0.4) is 0 Å². The number of ketones is 1. The molecule has 2 N–H and O–H groups in total. The molecule has 0 aliphatic heterocycles. The molecule has 0 aromatic heterocycles. The highest BCUT2D eigenvalue weighted by Gasteiger charge is 2.24. The molecule has 5 heteroatoms. The molecule has 0 radical (unpaired) electrons. The standard InChI is InChI=1S/C16H23NO4/c1-4-11(3)17-14(10-15(18)19)16(20)12-6-8-13(9-7-12)21-5-2/h6-9,11,14,17H,4-5,10H2,1-3H3,(H,18,19). The third-order valence-electron chi connectivity index (χ3n) is 3.24. The maximum atomic E-state index is 12.4. The summed E-state index contributed by atoms with van der Waals surface area (Å²) in [5, 5.41) is 12.0. The number of carboxylic acids is 1. The van der Waals surface area contributed by atoms with Gasteiger partial charge in [0.05, 0.1) is 19.1 Å². The Morgan fingerprint density at radius 1 is 1.24 bits per heavy atom. The third kappa shape index (κ3) is 5.55. The molecule has 2 atom stereocenters. The van der Waals surface area contributed by atoms with E-state index in [2.05, 4.69) is 5.32 Å². The highest BCUT2D eigenvalue weighted by Crippen LogP contribution is 2.15. The number of carbonyl (C=O) groups is 2. The molecule has 5 nitrogen and oxygen atoms in total. The molecule has 1 rings (SSSR count). The highest BCUT2D eigenvalue weighted by molar-refractivity contribution is 6.01. The summed E-state index contributed by atoms with van der Waals surface area (Å²) >= 11 is 0. The first-order chi connectivity index (χ1) is 9.97. The monoisotopic (exact) mass is 293 g/mol. The van der Waals surface area contributed by atoms with Crippen LogP contribution < -0.4 is 10.1 Å². The average molecular weight is 293 g/mol. The molecule has 2 unspecified atom stereocenters. The van der Waals surface area contributed by atoms with Crippen LogP contribution in [-0.4, -0.2) is 35.5 Å². The molecule has 0 heterocycles. The molecule has 1 aromatic rings. The van der Waals surface area contributed by atoms with E-state index in [-0.39, 0.29) is 18.2 Å². The SMILES string of the molecule is CCOc1ccc(C(=O)C(CC(=O)O)NC(C)CC)cc1. The lowest BCUT2D eigenvalue weighted by Gasteiger charge is -2.20. The first-order valence-electron chi connectivity index (χ1n) is 7.22. The van der Waals surface area contributed by atoms with Crippen molar-refractivity contribution in [3.63, 3.8) is 0 Å². The second-order valence-electron chi connectivity index (χ2n) is 4.95. The summed E-state index contributed by atoms with van der Waals surface area (Å²) in [6.07, 6.45) is 0.600. The summed E-state index contributed by atoms with van der Waals surface area (Å²) in [5.74, 6) is -0.505. The van der Waals surface area contributed by atoms with Crippen LogP contribution in [0.25, 0.3) is 0 Å². The molecule has 0 saturated heterocycles. The van der Waals surface area contributed by atoms with Crippen molar-refractivity contribution in [2.24, 2.45) is 0 Å². The van der Waals surface area contributed by atoms with Crippen molar-refractivity contribution in [1.29, 1.82) is 0 Å². The molecule has 0 fully saturated rings. The van der Waals surface area contributed by atoms with Crippen molar-refractivity contribution in [1.82, 2.24) is 5.32 Å². The Labute approximate surface area is 125 Å². The third-order valence-corrected chi connectivity index (χ3v) is 3.24. The molecule has 21 heavy (non-hydrogen) atoms. The zero-order valence-electron chi connectivity index (χ0n) is 12.8. The Bertz CT molecular complexity index is 470. The Balaban J connectivity index is 2.85. The summed E-state index contributed by atoms with van der Waals surface area (Å²) in [7, 11) is 0. The number of rotatable bonds is 9. The van der Waals surface area contributed by atoms with Crippen molar-refractivity contribution in [3.05, 3.63) is 29.8 Å². The van der Waals surface area contributed by atoms with Gasteiger partial charge < -0.3 is 15.2 Å².